The van der Waals surface area contributed by atoms with Gasteiger partial charge in [0.05, 0.1) is 19.8 Å². The molecule has 0 aliphatic heterocycles. The van der Waals surface area contributed by atoms with Crippen molar-refractivity contribution < 1.29 is 23.8 Å². The number of aromatic carboxylic acids is 1. The van der Waals surface area contributed by atoms with Gasteiger partial charge in [0.2, 0.25) is 0 Å². The Morgan fingerprint density at radius 1 is 0.929 bits per heavy atom. The summed E-state index contributed by atoms with van der Waals surface area (Å²) in [6.45, 7) is 0.344. The Morgan fingerprint density at radius 2 is 1.64 bits per heavy atom. The molecule has 0 spiro atoms. The highest BCUT2D eigenvalue weighted by Gasteiger charge is 2.15. The van der Waals surface area contributed by atoms with Crippen LogP contribution in [0.5, 0.6) is 11.5 Å². The van der Waals surface area contributed by atoms with Crippen LogP contribution in [0.1, 0.15) is 15.9 Å². The highest BCUT2D eigenvalue weighted by atomic mass is 19.1. The van der Waals surface area contributed by atoms with E-state index in [1.165, 1.54) is 18.2 Å². The highest BCUT2D eigenvalue weighted by Crippen LogP contribution is 2.35. The fourth-order valence-electron chi connectivity index (χ4n) is 2.95. The minimum absolute atomic E-state index is 0.169. The van der Waals surface area contributed by atoms with E-state index in [9.17, 15) is 14.3 Å². The first kappa shape index (κ1) is 19.2. The van der Waals surface area contributed by atoms with Gasteiger partial charge in [0.25, 0.3) is 0 Å². The molecule has 0 saturated heterocycles. The van der Waals surface area contributed by atoms with Gasteiger partial charge in [-0.25, -0.2) is 9.18 Å². The van der Waals surface area contributed by atoms with Crippen LogP contribution >= 0.6 is 0 Å². The summed E-state index contributed by atoms with van der Waals surface area (Å²) in [6.07, 6.45) is 0. The summed E-state index contributed by atoms with van der Waals surface area (Å²) < 4.78 is 24.4. The van der Waals surface area contributed by atoms with Crippen molar-refractivity contribution in [2.24, 2.45) is 0 Å². The van der Waals surface area contributed by atoms with E-state index in [0.717, 1.165) is 11.3 Å². The molecule has 0 heterocycles. The molecule has 3 aromatic carbocycles. The van der Waals surface area contributed by atoms with E-state index in [0.29, 0.717) is 23.7 Å². The maximum atomic E-state index is 13.7. The quantitative estimate of drug-likeness (QED) is 0.632. The predicted octanol–water partition coefficient (Wildman–Crippen LogP) is 4.88. The molecular weight excluding hydrogens is 361 g/mol. The van der Waals surface area contributed by atoms with Crippen molar-refractivity contribution in [3.05, 3.63) is 83.7 Å². The maximum absolute atomic E-state index is 13.7. The molecule has 28 heavy (non-hydrogen) atoms. The third-order valence-corrected chi connectivity index (χ3v) is 4.31. The standard InChI is InChI=1S/C22H20FNO4/c1-27-20-10-9-19(13-21(20)28-2)24(14-15-5-3-7-17(23)11-15)18-8-4-6-16(12-18)22(25)26/h3-13H,14H2,1-2H3,(H,25,26). The van der Waals surface area contributed by atoms with Gasteiger partial charge in [0.15, 0.2) is 11.5 Å². The Morgan fingerprint density at radius 3 is 2.32 bits per heavy atom. The van der Waals surface area contributed by atoms with Crippen LogP contribution < -0.4 is 14.4 Å². The lowest BCUT2D eigenvalue weighted by Gasteiger charge is -2.26. The molecule has 0 bridgehead atoms. The molecule has 0 radical (unpaired) electrons. The van der Waals surface area contributed by atoms with Crippen molar-refractivity contribution in [3.8, 4) is 11.5 Å². The van der Waals surface area contributed by atoms with Gasteiger partial charge in [-0.2, -0.15) is 0 Å². The van der Waals surface area contributed by atoms with Crippen molar-refractivity contribution in [3.63, 3.8) is 0 Å². The van der Waals surface area contributed by atoms with Gasteiger partial charge in [-0.15, -0.1) is 0 Å². The van der Waals surface area contributed by atoms with Gasteiger partial charge >= 0.3 is 5.97 Å². The van der Waals surface area contributed by atoms with Crippen LogP contribution in [0.2, 0.25) is 0 Å². The fourth-order valence-corrected chi connectivity index (χ4v) is 2.95. The van der Waals surface area contributed by atoms with Crippen molar-refractivity contribution in [2.75, 3.05) is 19.1 Å². The summed E-state index contributed by atoms with van der Waals surface area (Å²) in [7, 11) is 3.10. The van der Waals surface area contributed by atoms with Crippen LogP contribution in [-0.4, -0.2) is 25.3 Å². The molecule has 3 rings (SSSR count). The lowest BCUT2D eigenvalue weighted by Crippen LogP contribution is -2.17. The molecule has 0 aliphatic rings. The number of benzene rings is 3. The number of carboxylic acid groups (broad SMARTS) is 1. The van der Waals surface area contributed by atoms with Crippen LogP contribution in [0, 0.1) is 5.82 Å². The molecule has 0 aliphatic carbocycles. The van der Waals surface area contributed by atoms with Gasteiger partial charge in [0.1, 0.15) is 5.82 Å². The minimum atomic E-state index is -1.01. The molecule has 0 aromatic heterocycles. The first-order valence-electron chi connectivity index (χ1n) is 8.59. The van der Waals surface area contributed by atoms with Crippen LogP contribution in [0.15, 0.2) is 66.7 Å². The highest BCUT2D eigenvalue weighted by molar-refractivity contribution is 5.89. The van der Waals surface area contributed by atoms with Gasteiger partial charge in [0, 0.05) is 24.0 Å². The molecule has 144 valence electrons. The number of anilines is 2. The molecule has 0 atom stereocenters. The summed E-state index contributed by atoms with van der Waals surface area (Å²) in [5.41, 5.74) is 2.33. The topological polar surface area (TPSA) is 59.0 Å². The number of halogens is 1. The largest absolute Gasteiger partial charge is 0.493 e. The van der Waals surface area contributed by atoms with Crippen molar-refractivity contribution in [1.29, 1.82) is 0 Å². The normalized spacial score (nSPS) is 10.4. The Kier molecular flexibility index (Phi) is 5.79. The van der Waals surface area contributed by atoms with E-state index in [4.69, 9.17) is 9.47 Å². The summed E-state index contributed by atoms with van der Waals surface area (Å²) >= 11 is 0. The zero-order valence-corrected chi connectivity index (χ0v) is 15.6. The predicted molar refractivity (Wildman–Crippen MR) is 105 cm³/mol. The summed E-state index contributed by atoms with van der Waals surface area (Å²) in [4.78, 5) is 13.3. The number of carbonyl (C=O) groups is 1. The molecule has 0 saturated carbocycles. The lowest BCUT2D eigenvalue weighted by atomic mass is 10.1. The van der Waals surface area contributed by atoms with Crippen molar-refractivity contribution in [1.82, 2.24) is 0 Å². The van der Waals surface area contributed by atoms with E-state index in [1.54, 1.807) is 44.6 Å². The van der Waals surface area contributed by atoms with Gasteiger partial charge in [-0.1, -0.05) is 18.2 Å². The second-order valence-corrected chi connectivity index (χ2v) is 6.11. The Labute approximate surface area is 162 Å². The Hall–Kier alpha value is -3.54. The van der Waals surface area contributed by atoms with Crippen molar-refractivity contribution >= 4 is 17.3 Å². The third kappa shape index (κ3) is 4.23. The second-order valence-electron chi connectivity index (χ2n) is 6.11. The van der Waals surface area contributed by atoms with Gasteiger partial charge in [-0.05, 0) is 48.0 Å². The number of rotatable bonds is 7. The van der Waals surface area contributed by atoms with E-state index >= 15 is 0 Å². The first-order chi connectivity index (χ1) is 13.5. The molecule has 0 fully saturated rings. The molecule has 1 N–H and O–H groups in total. The lowest BCUT2D eigenvalue weighted by molar-refractivity contribution is 0.0697. The van der Waals surface area contributed by atoms with Gasteiger partial charge in [-0.3, -0.25) is 0 Å². The average Bonchev–Trinajstić information content (AvgIpc) is 2.71. The van der Waals surface area contributed by atoms with E-state index in [1.807, 2.05) is 23.1 Å². The fraction of sp³-hybridized carbons (Fsp3) is 0.136. The van der Waals surface area contributed by atoms with E-state index in [2.05, 4.69) is 0 Å². The van der Waals surface area contributed by atoms with E-state index < -0.39 is 5.97 Å². The Balaban J connectivity index is 2.09. The number of nitrogens with zero attached hydrogens (tertiary/aromatic N) is 1. The van der Waals surface area contributed by atoms with Gasteiger partial charge < -0.3 is 19.5 Å². The molecule has 5 nitrogen and oxygen atoms in total. The number of methoxy groups -OCH3 is 2. The first-order valence-corrected chi connectivity index (χ1v) is 8.59. The number of ether oxygens (including phenoxy) is 2. The zero-order valence-electron chi connectivity index (χ0n) is 15.6. The van der Waals surface area contributed by atoms with Crippen LogP contribution in [0.3, 0.4) is 0 Å². The molecule has 0 amide bonds. The summed E-state index contributed by atoms with van der Waals surface area (Å²) in [5.74, 6) is -0.223. The monoisotopic (exact) mass is 381 g/mol. The van der Waals surface area contributed by atoms with Crippen molar-refractivity contribution in [2.45, 2.75) is 6.54 Å². The van der Waals surface area contributed by atoms with Crippen LogP contribution in [0.4, 0.5) is 15.8 Å². The zero-order chi connectivity index (χ0) is 20.1. The molecule has 3 aromatic rings. The van der Waals surface area contributed by atoms with Crippen LogP contribution in [0.25, 0.3) is 0 Å². The SMILES string of the molecule is COc1ccc(N(Cc2cccc(F)c2)c2cccc(C(=O)O)c2)cc1OC. The number of carboxylic acids is 1. The Bertz CT molecular complexity index is 990. The summed E-state index contributed by atoms with van der Waals surface area (Å²) in [5, 5.41) is 9.33. The van der Waals surface area contributed by atoms with E-state index in [-0.39, 0.29) is 11.4 Å². The summed E-state index contributed by atoms with van der Waals surface area (Å²) in [6, 6.07) is 18.3. The number of hydrogen-bond donors (Lipinski definition) is 1. The minimum Gasteiger partial charge on any atom is -0.493 e. The molecular formula is C22H20FNO4. The van der Waals surface area contributed by atoms with Crippen LogP contribution in [-0.2, 0) is 6.54 Å². The average molecular weight is 381 g/mol. The third-order valence-electron chi connectivity index (χ3n) is 4.31. The molecule has 6 heteroatoms. The molecule has 0 unspecified atom stereocenters. The number of hydrogen-bond acceptors (Lipinski definition) is 4. The smallest absolute Gasteiger partial charge is 0.335 e. The maximum Gasteiger partial charge on any atom is 0.335 e. The second kappa shape index (κ2) is 8.43.